The van der Waals surface area contributed by atoms with Crippen molar-refractivity contribution < 1.29 is 4.65 Å². The van der Waals surface area contributed by atoms with Gasteiger partial charge in [-0.25, -0.2) is 0 Å². The Hall–Kier alpha value is -0.495. The number of hydrogen-bond acceptors (Lipinski definition) is 1. The quantitative estimate of drug-likeness (QED) is 0.425. The van der Waals surface area contributed by atoms with Crippen LogP contribution < -0.4 is 0 Å². The molecule has 42 valence electrons. The van der Waals surface area contributed by atoms with Crippen molar-refractivity contribution in [2.45, 2.75) is 6.82 Å². The van der Waals surface area contributed by atoms with Gasteiger partial charge >= 0.3 is 6.92 Å². The fourth-order valence-corrected chi connectivity index (χ4v) is 0.706. The Labute approximate surface area is 50.2 Å². The highest BCUT2D eigenvalue weighted by atomic mass is 16.4. The van der Waals surface area contributed by atoms with Crippen molar-refractivity contribution in [1.29, 1.82) is 0 Å². The maximum absolute atomic E-state index is 5.18. The molecular formula is C6H9BO. The lowest BCUT2D eigenvalue weighted by Gasteiger charge is -1.92. The predicted octanol–water partition coefficient (Wildman–Crippen LogP) is 1.29. The Morgan fingerprint density at radius 2 is 2.25 bits per heavy atom. The van der Waals surface area contributed by atoms with Crippen molar-refractivity contribution in [3.8, 4) is 0 Å². The van der Waals surface area contributed by atoms with Gasteiger partial charge in [0.05, 0.1) is 6.61 Å². The summed E-state index contributed by atoms with van der Waals surface area (Å²) in [4.78, 5) is 0. The molecule has 0 aromatic rings. The smallest absolute Gasteiger partial charge is 0.323 e. The van der Waals surface area contributed by atoms with E-state index in [2.05, 4.69) is 13.2 Å². The van der Waals surface area contributed by atoms with Gasteiger partial charge in [0, 0.05) is 0 Å². The highest BCUT2D eigenvalue weighted by Crippen LogP contribution is 2.18. The van der Waals surface area contributed by atoms with Crippen molar-refractivity contribution in [1.82, 2.24) is 0 Å². The molecule has 0 N–H and O–H groups in total. The van der Waals surface area contributed by atoms with Gasteiger partial charge in [-0.2, -0.15) is 0 Å². The molecule has 0 aromatic carbocycles. The van der Waals surface area contributed by atoms with Crippen molar-refractivity contribution >= 4 is 6.92 Å². The average molecular weight is 108 g/mol. The van der Waals surface area contributed by atoms with Gasteiger partial charge in [0.2, 0.25) is 0 Å². The molecule has 1 nitrogen and oxygen atoms in total. The van der Waals surface area contributed by atoms with E-state index >= 15 is 0 Å². The van der Waals surface area contributed by atoms with E-state index < -0.39 is 0 Å². The van der Waals surface area contributed by atoms with Gasteiger partial charge in [0.15, 0.2) is 0 Å². The summed E-state index contributed by atoms with van der Waals surface area (Å²) in [6.45, 7) is 10.4. The first kappa shape index (κ1) is 5.64. The van der Waals surface area contributed by atoms with E-state index in [0.29, 0.717) is 6.61 Å². The van der Waals surface area contributed by atoms with Crippen LogP contribution in [0.2, 0.25) is 6.82 Å². The van der Waals surface area contributed by atoms with Crippen LogP contribution in [0.3, 0.4) is 0 Å². The molecule has 0 bridgehead atoms. The van der Waals surface area contributed by atoms with Crippen LogP contribution in [0.25, 0.3) is 0 Å². The third-order valence-electron chi connectivity index (χ3n) is 1.45. The standard InChI is InChI=1S/C6H9BO/c1-5-4-8-7(3)6(5)2/h1-2,4H2,3H3. The van der Waals surface area contributed by atoms with Crippen LogP contribution in [0, 0.1) is 0 Å². The van der Waals surface area contributed by atoms with Crippen LogP contribution >= 0.6 is 0 Å². The van der Waals surface area contributed by atoms with Gasteiger partial charge in [0.1, 0.15) is 0 Å². The normalized spacial score (nSPS) is 20.4. The molecule has 1 fully saturated rings. The van der Waals surface area contributed by atoms with Crippen LogP contribution in [0.15, 0.2) is 24.2 Å². The molecule has 1 aliphatic rings. The lowest BCUT2D eigenvalue weighted by Crippen LogP contribution is -2.05. The monoisotopic (exact) mass is 108 g/mol. The Balaban J connectivity index is 2.71. The lowest BCUT2D eigenvalue weighted by molar-refractivity contribution is 0.389. The highest BCUT2D eigenvalue weighted by molar-refractivity contribution is 6.61. The van der Waals surface area contributed by atoms with Gasteiger partial charge < -0.3 is 4.65 Å². The molecule has 0 amide bonds. The first-order valence-corrected chi connectivity index (χ1v) is 2.70. The minimum atomic E-state index is 0.197. The lowest BCUT2D eigenvalue weighted by atomic mass is 9.64. The van der Waals surface area contributed by atoms with Gasteiger partial charge in [-0.15, -0.1) is 6.58 Å². The first-order valence-electron chi connectivity index (χ1n) is 2.70. The zero-order chi connectivity index (χ0) is 6.15. The van der Waals surface area contributed by atoms with Crippen molar-refractivity contribution in [3.63, 3.8) is 0 Å². The molecular weight excluding hydrogens is 98.9 g/mol. The van der Waals surface area contributed by atoms with Gasteiger partial charge in [0.25, 0.3) is 0 Å². The third-order valence-corrected chi connectivity index (χ3v) is 1.45. The van der Waals surface area contributed by atoms with E-state index in [-0.39, 0.29) is 6.92 Å². The van der Waals surface area contributed by atoms with E-state index in [1.54, 1.807) is 0 Å². The number of rotatable bonds is 0. The molecule has 0 saturated carbocycles. The molecule has 2 heteroatoms. The summed E-state index contributed by atoms with van der Waals surface area (Å²) in [5.41, 5.74) is 2.09. The van der Waals surface area contributed by atoms with E-state index in [0.717, 1.165) is 11.0 Å². The Morgan fingerprint density at radius 3 is 2.38 bits per heavy atom. The van der Waals surface area contributed by atoms with E-state index in [9.17, 15) is 0 Å². The summed E-state index contributed by atoms with van der Waals surface area (Å²) in [7, 11) is 0. The second-order valence-corrected chi connectivity index (χ2v) is 2.08. The Bertz CT molecular complexity index is 139. The third kappa shape index (κ3) is 0.714. The van der Waals surface area contributed by atoms with Gasteiger partial charge in [-0.1, -0.05) is 18.9 Å². The summed E-state index contributed by atoms with van der Waals surface area (Å²) in [5.74, 6) is 0. The largest absolute Gasteiger partial charge is 0.427 e. The molecule has 0 aromatic heterocycles. The van der Waals surface area contributed by atoms with Crippen molar-refractivity contribution in [3.05, 3.63) is 24.2 Å². The van der Waals surface area contributed by atoms with Crippen LogP contribution in [-0.4, -0.2) is 13.5 Å². The maximum Gasteiger partial charge on any atom is 0.323 e. The van der Waals surface area contributed by atoms with E-state index in [4.69, 9.17) is 4.65 Å². The van der Waals surface area contributed by atoms with Crippen molar-refractivity contribution in [2.75, 3.05) is 6.61 Å². The zero-order valence-electron chi connectivity index (χ0n) is 5.11. The topological polar surface area (TPSA) is 9.23 Å². The summed E-state index contributed by atoms with van der Waals surface area (Å²) < 4.78 is 5.18. The molecule has 0 spiro atoms. The van der Waals surface area contributed by atoms with E-state index in [1.807, 2.05) is 6.82 Å². The molecule has 1 saturated heterocycles. The van der Waals surface area contributed by atoms with E-state index in [1.165, 1.54) is 0 Å². The second-order valence-electron chi connectivity index (χ2n) is 2.08. The van der Waals surface area contributed by atoms with Gasteiger partial charge in [-0.05, 0) is 5.57 Å². The van der Waals surface area contributed by atoms with Gasteiger partial charge in [-0.3, -0.25) is 0 Å². The number of hydrogen-bond donors (Lipinski definition) is 0. The Morgan fingerprint density at radius 1 is 1.62 bits per heavy atom. The minimum Gasteiger partial charge on any atom is -0.427 e. The van der Waals surface area contributed by atoms with Crippen LogP contribution in [0.5, 0.6) is 0 Å². The fraction of sp³-hybridized carbons (Fsp3) is 0.333. The van der Waals surface area contributed by atoms with Crippen LogP contribution in [-0.2, 0) is 4.65 Å². The summed E-state index contributed by atoms with van der Waals surface area (Å²) in [6, 6.07) is 0. The molecule has 0 aliphatic carbocycles. The molecule has 0 unspecified atom stereocenters. The Kier molecular flexibility index (Phi) is 1.26. The summed E-state index contributed by atoms with van der Waals surface area (Å²) in [5, 5.41) is 0. The average Bonchev–Trinajstić information content (AvgIpc) is 1.98. The zero-order valence-corrected chi connectivity index (χ0v) is 5.11. The SMILES string of the molecule is C=C1COB(C)C1=C. The molecule has 1 rings (SSSR count). The predicted molar refractivity (Wildman–Crippen MR) is 35.9 cm³/mol. The minimum absolute atomic E-state index is 0.197. The molecule has 0 radical (unpaired) electrons. The second kappa shape index (κ2) is 1.79. The molecule has 0 atom stereocenters. The van der Waals surface area contributed by atoms with Crippen LogP contribution in [0.4, 0.5) is 0 Å². The summed E-state index contributed by atoms with van der Waals surface area (Å²) >= 11 is 0. The maximum atomic E-state index is 5.18. The molecule has 1 heterocycles. The highest BCUT2D eigenvalue weighted by Gasteiger charge is 2.22. The molecule has 1 aliphatic heterocycles. The molecule has 8 heavy (non-hydrogen) atoms. The fourth-order valence-electron chi connectivity index (χ4n) is 0.706. The first-order chi connectivity index (χ1) is 3.72. The van der Waals surface area contributed by atoms with Crippen molar-refractivity contribution in [2.24, 2.45) is 0 Å². The summed E-state index contributed by atoms with van der Waals surface area (Å²) in [6.07, 6.45) is 0. The van der Waals surface area contributed by atoms with Crippen LogP contribution in [0.1, 0.15) is 0 Å².